The predicted molar refractivity (Wildman–Crippen MR) is 124 cm³/mol. The molecule has 3 aromatic rings. The first-order chi connectivity index (χ1) is 15.0. The van der Waals surface area contributed by atoms with Crippen LogP contribution in [-0.4, -0.2) is 23.2 Å². The van der Waals surface area contributed by atoms with Crippen molar-refractivity contribution >= 4 is 51.7 Å². The molecule has 1 amide bonds. The van der Waals surface area contributed by atoms with E-state index in [-0.39, 0.29) is 17.5 Å². The molecule has 0 spiro atoms. The van der Waals surface area contributed by atoms with Crippen molar-refractivity contribution < 1.29 is 14.3 Å². The molecule has 1 N–H and O–H groups in total. The van der Waals surface area contributed by atoms with Gasteiger partial charge in [0.15, 0.2) is 5.17 Å². The molecule has 31 heavy (non-hydrogen) atoms. The summed E-state index contributed by atoms with van der Waals surface area (Å²) in [5.74, 6) is -0.432. The fraction of sp³-hybridized carbons (Fsp3) is 0.0435. The maximum Gasteiger partial charge on any atom is 0.274 e. The van der Waals surface area contributed by atoms with Gasteiger partial charge in [0.2, 0.25) is 0 Å². The average Bonchev–Trinajstić information content (AvgIpc) is 3.27. The van der Waals surface area contributed by atoms with Gasteiger partial charge in [0.05, 0.1) is 22.1 Å². The smallest absolute Gasteiger partial charge is 0.274 e. The van der Waals surface area contributed by atoms with E-state index in [4.69, 9.17) is 0 Å². The van der Waals surface area contributed by atoms with Crippen LogP contribution in [0.25, 0.3) is 0 Å². The molecule has 0 unspecified atom stereocenters. The van der Waals surface area contributed by atoms with Gasteiger partial charge < -0.3 is 10.0 Å². The van der Waals surface area contributed by atoms with Crippen LogP contribution in [0.15, 0.2) is 92.6 Å². The second-order valence-corrected chi connectivity index (χ2v) is 8.90. The molecule has 2 aliphatic rings. The summed E-state index contributed by atoms with van der Waals surface area (Å²) in [5.41, 5.74) is 2.18. The van der Waals surface area contributed by atoms with Gasteiger partial charge in [-0.05, 0) is 72.4 Å². The minimum absolute atomic E-state index is 0.111. The Morgan fingerprint density at radius 3 is 2.35 bits per heavy atom. The second-order valence-electron chi connectivity index (χ2n) is 6.89. The van der Waals surface area contributed by atoms with Gasteiger partial charge in [-0.2, -0.15) is 0 Å². The zero-order valence-electron chi connectivity index (χ0n) is 16.3. The van der Waals surface area contributed by atoms with Crippen LogP contribution < -0.4 is 9.80 Å². The number of aromatic hydroxyl groups is 1. The molecule has 2 heterocycles. The zero-order chi connectivity index (χ0) is 21.5. The number of hydrogen-bond donors (Lipinski definition) is 1. The Kier molecular flexibility index (Phi) is 4.95. The number of benzene rings is 3. The Balaban J connectivity index is 1.61. The van der Waals surface area contributed by atoms with Crippen LogP contribution in [0.2, 0.25) is 0 Å². The first-order valence-electron chi connectivity index (χ1n) is 9.42. The highest BCUT2D eigenvalue weighted by Gasteiger charge is 2.40. The summed E-state index contributed by atoms with van der Waals surface area (Å²) >= 11 is 2.83. The molecule has 2 aliphatic heterocycles. The highest BCUT2D eigenvalue weighted by Crippen LogP contribution is 2.50. The lowest BCUT2D eigenvalue weighted by molar-refractivity contribution is -0.113. The number of amidine groups is 1. The Hall–Kier alpha value is -3.23. The molecule has 5 nitrogen and oxygen atoms in total. The van der Waals surface area contributed by atoms with E-state index in [0.717, 1.165) is 15.6 Å². The number of halogens is 1. The first-order valence-corrected chi connectivity index (χ1v) is 11.0. The number of rotatable bonds is 2. The van der Waals surface area contributed by atoms with E-state index in [9.17, 15) is 14.3 Å². The van der Waals surface area contributed by atoms with Crippen LogP contribution in [0.1, 0.15) is 0 Å². The first kappa shape index (κ1) is 19.7. The monoisotopic (exact) mass is 449 g/mol. The fourth-order valence-electron chi connectivity index (χ4n) is 3.33. The summed E-state index contributed by atoms with van der Waals surface area (Å²) in [6, 6.07) is 20.2. The summed E-state index contributed by atoms with van der Waals surface area (Å²) in [6.07, 6.45) is 0. The minimum atomic E-state index is -0.348. The lowest BCUT2D eigenvalue weighted by Gasteiger charge is -2.16. The number of carbonyl (C=O) groups is 1. The van der Waals surface area contributed by atoms with E-state index in [0.29, 0.717) is 21.4 Å². The molecule has 8 heteroatoms. The van der Waals surface area contributed by atoms with E-state index in [1.807, 2.05) is 36.2 Å². The van der Waals surface area contributed by atoms with E-state index >= 15 is 0 Å². The molecular formula is C23H16FN3O2S2. The minimum Gasteiger partial charge on any atom is -0.508 e. The summed E-state index contributed by atoms with van der Waals surface area (Å²) < 4.78 is 13.3. The number of thioether (sulfide) groups is 2. The summed E-state index contributed by atoms with van der Waals surface area (Å²) in [7, 11) is 1.94. The van der Waals surface area contributed by atoms with Gasteiger partial charge in [-0.25, -0.2) is 9.38 Å². The third-order valence-electron chi connectivity index (χ3n) is 4.87. The number of amides is 1. The number of phenols is 1. The third-order valence-corrected chi connectivity index (χ3v) is 7.27. The van der Waals surface area contributed by atoms with E-state index in [1.54, 1.807) is 36.0 Å². The number of phenolic OH excluding ortho intramolecular Hbond substituents is 1. The zero-order valence-corrected chi connectivity index (χ0v) is 18.0. The number of anilines is 2. The number of aliphatic imine (C=N–C) groups is 1. The van der Waals surface area contributed by atoms with Crippen LogP contribution in [0.4, 0.5) is 21.5 Å². The van der Waals surface area contributed by atoms with Gasteiger partial charge in [0.25, 0.3) is 5.91 Å². The molecule has 0 aromatic heterocycles. The molecule has 3 aromatic carbocycles. The highest BCUT2D eigenvalue weighted by atomic mass is 32.2. The molecule has 0 radical (unpaired) electrons. The summed E-state index contributed by atoms with van der Waals surface area (Å²) in [4.78, 5) is 23.3. The van der Waals surface area contributed by atoms with Crippen LogP contribution in [-0.2, 0) is 4.79 Å². The Morgan fingerprint density at radius 1 is 0.935 bits per heavy atom. The fourth-order valence-corrected chi connectivity index (χ4v) is 5.68. The Bertz CT molecular complexity index is 1240. The maximum absolute atomic E-state index is 13.5. The van der Waals surface area contributed by atoms with Crippen molar-refractivity contribution in [2.45, 2.75) is 4.90 Å². The van der Waals surface area contributed by atoms with Crippen molar-refractivity contribution in [3.05, 3.63) is 88.5 Å². The molecule has 0 bridgehead atoms. The topological polar surface area (TPSA) is 56.1 Å². The quantitative estimate of drug-likeness (QED) is 0.508. The maximum atomic E-state index is 13.5. The summed E-state index contributed by atoms with van der Waals surface area (Å²) in [6.45, 7) is 0. The second kappa shape index (κ2) is 7.79. The van der Waals surface area contributed by atoms with Crippen LogP contribution in [0, 0.1) is 5.82 Å². The number of hydrogen-bond acceptors (Lipinski definition) is 6. The highest BCUT2D eigenvalue weighted by molar-refractivity contribution is 8.20. The van der Waals surface area contributed by atoms with Crippen molar-refractivity contribution in [1.29, 1.82) is 0 Å². The Labute approximate surface area is 186 Å². The number of carbonyl (C=O) groups excluding carboxylic acids is 1. The number of para-hydroxylation sites is 1. The van der Waals surface area contributed by atoms with Gasteiger partial charge in [0, 0.05) is 11.9 Å². The normalized spacial score (nSPS) is 19.4. The van der Waals surface area contributed by atoms with Gasteiger partial charge in [0.1, 0.15) is 16.5 Å². The number of fused-ring (bicyclic) bond motifs is 1. The van der Waals surface area contributed by atoms with Crippen molar-refractivity contribution in [3.63, 3.8) is 0 Å². The molecule has 5 rings (SSSR count). The van der Waals surface area contributed by atoms with E-state index in [2.05, 4.69) is 4.99 Å². The third kappa shape index (κ3) is 3.58. The van der Waals surface area contributed by atoms with Crippen LogP contribution in [0.5, 0.6) is 5.75 Å². The predicted octanol–water partition coefficient (Wildman–Crippen LogP) is 5.71. The average molecular weight is 450 g/mol. The van der Waals surface area contributed by atoms with Crippen LogP contribution >= 0.6 is 23.5 Å². The molecule has 0 aliphatic carbocycles. The van der Waals surface area contributed by atoms with E-state index < -0.39 is 0 Å². The van der Waals surface area contributed by atoms with Gasteiger partial charge in [-0.1, -0.05) is 23.9 Å². The molecule has 0 saturated carbocycles. The van der Waals surface area contributed by atoms with Gasteiger partial charge in [-0.15, -0.1) is 0 Å². The molecule has 0 atom stereocenters. The van der Waals surface area contributed by atoms with Crippen LogP contribution in [0.3, 0.4) is 0 Å². The standard InChI is InChI=1S/C23H16FN3O2S2/c1-26-18-4-2-3-5-19(18)30-22(26)20-21(29)27(16-10-12-17(28)13-11-16)23(31-20)25-15-8-6-14(24)7-9-15/h2-13,28H,1H3/b22-20-,25-23?. The van der Waals surface area contributed by atoms with Gasteiger partial charge >= 0.3 is 0 Å². The molecule has 154 valence electrons. The van der Waals surface area contributed by atoms with Crippen molar-refractivity contribution in [2.24, 2.45) is 4.99 Å². The lowest BCUT2D eigenvalue weighted by Crippen LogP contribution is -2.29. The SMILES string of the molecule is CN1/C(=C2/SC(=Nc3ccc(F)cc3)N(c3ccc(O)cc3)C2=O)Sc2ccccc21. The molecular weight excluding hydrogens is 433 g/mol. The molecule has 1 saturated heterocycles. The van der Waals surface area contributed by atoms with Crippen molar-refractivity contribution in [1.82, 2.24) is 0 Å². The lowest BCUT2D eigenvalue weighted by atomic mass is 10.2. The largest absolute Gasteiger partial charge is 0.508 e. The number of nitrogens with zero attached hydrogens (tertiary/aromatic N) is 3. The van der Waals surface area contributed by atoms with E-state index in [1.165, 1.54) is 40.9 Å². The van der Waals surface area contributed by atoms with Gasteiger partial charge in [-0.3, -0.25) is 9.69 Å². The molecule has 1 fully saturated rings. The van der Waals surface area contributed by atoms with Crippen molar-refractivity contribution in [3.8, 4) is 5.75 Å². The Morgan fingerprint density at radius 2 is 1.65 bits per heavy atom. The van der Waals surface area contributed by atoms with Crippen molar-refractivity contribution in [2.75, 3.05) is 16.8 Å². The summed E-state index contributed by atoms with van der Waals surface area (Å²) in [5, 5.41) is 11.0.